The highest BCUT2D eigenvalue weighted by atomic mass is 16.3. The lowest BCUT2D eigenvalue weighted by molar-refractivity contribution is 0.669. The van der Waals surface area contributed by atoms with Crippen LogP contribution in [-0.2, 0) is 0 Å². The summed E-state index contributed by atoms with van der Waals surface area (Å²) in [4.78, 5) is 2.41. The first-order valence-electron chi connectivity index (χ1n) is 22.2. The Morgan fingerprint density at radius 3 is 1.71 bits per heavy atom. The molecular formula is C62H40N2O. The molecule has 0 saturated carbocycles. The van der Waals surface area contributed by atoms with Gasteiger partial charge in [0.25, 0.3) is 0 Å². The summed E-state index contributed by atoms with van der Waals surface area (Å²) in [6, 6.07) is 87.8. The maximum absolute atomic E-state index is 6.46. The lowest BCUT2D eigenvalue weighted by Crippen LogP contribution is -2.11. The molecule has 0 radical (unpaired) electrons. The summed E-state index contributed by atoms with van der Waals surface area (Å²) in [5.74, 6) is 0. The van der Waals surface area contributed by atoms with Gasteiger partial charge in [-0.2, -0.15) is 0 Å². The fourth-order valence-corrected chi connectivity index (χ4v) is 10.1. The average Bonchev–Trinajstić information content (AvgIpc) is 3.91. The van der Waals surface area contributed by atoms with Crippen molar-refractivity contribution in [2.45, 2.75) is 0 Å². The van der Waals surface area contributed by atoms with Crippen molar-refractivity contribution in [2.75, 3.05) is 4.90 Å². The third kappa shape index (κ3) is 6.20. The molecule has 0 fully saturated rings. The molecule has 11 aromatic carbocycles. The van der Waals surface area contributed by atoms with Crippen LogP contribution in [0.2, 0.25) is 0 Å². The number of nitrogens with zero attached hydrogens (tertiary/aromatic N) is 2. The van der Waals surface area contributed by atoms with Gasteiger partial charge < -0.3 is 13.9 Å². The second-order valence-electron chi connectivity index (χ2n) is 16.9. The van der Waals surface area contributed by atoms with E-state index in [4.69, 9.17) is 4.42 Å². The van der Waals surface area contributed by atoms with Crippen LogP contribution in [0.5, 0.6) is 0 Å². The second-order valence-corrected chi connectivity index (χ2v) is 16.9. The minimum absolute atomic E-state index is 0.883. The van der Waals surface area contributed by atoms with E-state index in [1.54, 1.807) is 0 Å². The van der Waals surface area contributed by atoms with Crippen molar-refractivity contribution in [3.05, 3.63) is 243 Å². The number of furan rings is 1. The molecule has 0 N–H and O–H groups in total. The predicted molar refractivity (Wildman–Crippen MR) is 274 cm³/mol. The number of para-hydroxylation sites is 3. The van der Waals surface area contributed by atoms with Gasteiger partial charge in [-0.05, 0) is 128 Å². The highest BCUT2D eigenvalue weighted by Crippen LogP contribution is 2.44. The molecule has 0 atom stereocenters. The van der Waals surface area contributed by atoms with E-state index < -0.39 is 0 Å². The highest BCUT2D eigenvalue weighted by molar-refractivity contribution is 6.12. The molecule has 0 amide bonds. The largest absolute Gasteiger partial charge is 0.456 e. The number of aromatic nitrogens is 1. The highest BCUT2D eigenvalue weighted by Gasteiger charge is 2.20. The quantitative estimate of drug-likeness (QED) is 0.160. The lowest BCUT2D eigenvalue weighted by Gasteiger charge is -2.28. The molecule has 13 aromatic rings. The third-order valence-corrected chi connectivity index (χ3v) is 13.1. The van der Waals surface area contributed by atoms with E-state index >= 15 is 0 Å². The van der Waals surface area contributed by atoms with Gasteiger partial charge >= 0.3 is 0 Å². The van der Waals surface area contributed by atoms with Crippen LogP contribution in [0.4, 0.5) is 17.1 Å². The molecule has 304 valence electrons. The molecule has 0 spiro atoms. The molecule has 0 saturated heterocycles. The summed E-state index contributed by atoms with van der Waals surface area (Å²) in [5.41, 5.74) is 15.5. The van der Waals surface area contributed by atoms with E-state index in [0.29, 0.717) is 0 Å². The summed E-state index contributed by atoms with van der Waals surface area (Å²) < 4.78 is 8.84. The fourth-order valence-electron chi connectivity index (χ4n) is 10.1. The van der Waals surface area contributed by atoms with Crippen molar-refractivity contribution in [1.82, 2.24) is 4.57 Å². The van der Waals surface area contributed by atoms with Crippen molar-refractivity contribution in [3.8, 4) is 39.1 Å². The maximum Gasteiger partial charge on any atom is 0.136 e. The van der Waals surface area contributed by atoms with E-state index in [2.05, 4.69) is 252 Å². The first-order chi connectivity index (χ1) is 32.2. The van der Waals surface area contributed by atoms with Gasteiger partial charge in [-0.15, -0.1) is 0 Å². The number of benzene rings is 11. The Kier molecular flexibility index (Phi) is 8.53. The lowest BCUT2D eigenvalue weighted by atomic mass is 9.96. The van der Waals surface area contributed by atoms with Crippen LogP contribution >= 0.6 is 0 Å². The van der Waals surface area contributed by atoms with Crippen LogP contribution < -0.4 is 4.90 Å². The number of hydrogen-bond acceptors (Lipinski definition) is 2. The van der Waals surface area contributed by atoms with Crippen molar-refractivity contribution in [1.29, 1.82) is 0 Å². The van der Waals surface area contributed by atoms with Crippen molar-refractivity contribution in [3.63, 3.8) is 0 Å². The van der Waals surface area contributed by atoms with Crippen LogP contribution in [0.1, 0.15) is 0 Å². The maximum atomic E-state index is 6.46. The summed E-state index contributed by atoms with van der Waals surface area (Å²) in [5, 5.41) is 9.58. The van der Waals surface area contributed by atoms with Gasteiger partial charge in [-0.1, -0.05) is 164 Å². The molecule has 0 bridgehead atoms. The first kappa shape index (κ1) is 36.9. The monoisotopic (exact) mass is 828 g/mol. The molecule has 3 heteroatoms. The zero-order chi connectivity index (χ0) is 42.8. The SMILES string of the molecule is c1cc(-c2cccc3ccccc23)cc(N(c2ccc(-c3cccc(-n4c5ccccc5c5ccccc54)c3)cc2)c2ccccc2-c2ccc3oc4cc5ccccc5cc4c3c2)c1. The van der Waals surface area contributed by atoms with Gasteiger partial charge in [0.05, 0.1) is 16.7 Å². The van der Waals surface area contributed by atoms with Gasteiger partial charge in [-0.3, -0.25) is 0 Å². The minimum Gasteiger partial charge on any atom is -0.456 e. The topological polar surface area (TPSA) is 21.3 Å². The third-order valence-electron chi connectivity index (χ3n) is 13.1. The van der Waals surface area contributed by atoms with E-state index in [1.807, 2.05) is 0 Å². The molecule has 2 aromatic heterocycles. The zero-order valence-electron chi connectivity index (χ0n) is 35.4. The summed E-state index contributed by atoms with van der Waals surface area (Å²) in [6.07, 6.45) is 0. The van der Waals surface area contributed by atoms with Crippen molar-refractivity contribution in [2.24, 2.45) is 0 Å². The number of fused-ring (bicyclic) bond motifs is 8. The van der Waals surface area contributed by atoms with Gasteiger partial charge in [0.1, 0.15) is 11.2 Å². The Morgan fingerprint density at radius 1 is 0.308 bits per heavy atom. The van der Waals surface area contributed by atoms with Gasteiger partial charge in [0.2, 0.25) is 0 Å². The smallest absolute Gasteiger partial charge is 0.136 e. The van der Waals surface area contributed by atoms with Crippen molar-refractivity contribution < 1.29 is 4.42 Å². The zero-order valence-corrected chi connectivity index (χ0v) is 35.4. The molecule has 3 nitrogen and oxygen atoms in total. The molecular weight excluding hydrogens is 789 g/mol. The van der Waals surface area contributed by atoms with E-state index in [9.17, 15) is 0 Å². The molecule has 0 aliphatic heterocycles. The molecule has 2 heterocycles. The van der Waals surface area contributed by atoms with E-state index in [0.717, 1.165) is 66.9 Å². The van der Waals surface area contributed by atoms with Crippen LogP contribution in [0.25, 0.3) is 104 Å². The van der Waals surface area contributed by atoms with Gasteiger partial charge in [-0.25, -0.2) is 0 Å². The standard InChI is InChI=1S/C62H40N2O/c1-2-16-45-40-62-57(38-44(45)15-1)56-39-47(32-35-61(56)65-62)53-23-5-8-27-58(53)63(49-20-12-19-46(37-49)52-26-13-17-42-14-3-4-22-51(42)52)48-33-30-41(31-34-48)43-18-11-21-50(36-43)64-59-28-9-6-24-54(59)55-25-7-10-29-60(55)64/h1-40H. The molecule has 0 aliphatic rings. The number of rotatable bonds is 7. The Hall–Kier alpha value is -8.66. The normalized spacial score (nSPS) is 11.7. The summed E-state index contributed by atoms with van der Waals surface area (Å²) in [7, 11) is 0. The number of hydrogen-bond donors (Lipinski definition) is 0. The first-order valence-corrected chi connectivity index (χ1v) is 22.2. The fraction of sp³-hybridized carbons (Fsp3) is 0. The Bertz CT molecular complexity index is 3910. The van der Waals surface area contributed by atoms with Gasteiger partial charge in [0, 0.05) is 44.2 Å². The minimum atomic E-state index is 0.883. The van der Waals surface area contributed by atoms with Crippen LogP contribution in [0.15, 0.2) is 247 Å². The van der Waals surface area contributed by atoms with Crippen LogP contribution in [-0.4, -0.2) is 4.57 Å². The van der Waals surface area contributed by atoms with Crippen LogP contribution in [0.3, 0.4) is 0 Å². The molecule has 0 aliphatic carbocycles. The van der Waals surface area contributed by atoms with E-state index in [1.165, 1.54) is 54.5 Å². The Balaban J connectivity index is 0.954. The molecule has 13 rings (SSSR count). The summed E-state index contributed by atoms with van der Waals surface area (Å²) in [6.45, 7) is 0. The summed E-state index contributed by atoms with van der Waals surface area (Å²) >= 11 is 0. The number of anilines is 3. The van der Waals surface area contributed by atoms with Crippen molar-refractivity contribution >= 4 is 82.4 Å². The Labute approximate surface area is 376 Å². The Morgan fingerprint density at radius 2 is 0.892 bits per heavy atom. The second kappa shape index (κ2) is 15.0. The molecule has 65 heavy (non-hydrogen) atoms. The molecule has 0 unspecified atom stereocenters. The van der Waals surface area contributed by atoms with Gasteiger partial charge in [0.15, 0.2) is 0 Å². The van der Waals surface area contributed by atoms with Crippen LogP contribution in [0, 0.1) is 0 Å². The average molecular weight is 829 g/mol. The predicted octanol–water partition coefficient (Wildman–Crippen LogP) is 17.5. The van der Waals surface area contributed by atoms with E-state index in [-0.39, 0.29) is 0 Å².